The predicted molar refractivity (Wildman–Crippen MR) is 116 cm³/mol. The molecule has 3 aromatic rings. The van der Waals surface area contributed by atoms with Crippen LogP contribution in [-0.2, 0) is 16.4 Å². The summed E-state index contributed by atoms with van der Waals surface area (Å²) in [6, 6.07) is 6.92. The lowest BCUT2D eigenvalue weighted by Gasteiger charge is -2.39. The van der Waals surface area contributed by atoms with Gasteiger partial charge in [0, 0.05) is 25.8 Å². The summed E-state index contributed by atoms with van der Waals surface area (Å²) in [7, 11) is -3.22. The summed E-state index contributed by atoms with van der Waals surface area (Å²) in [5.74, 6) is -0.0748. The number of nitrogens with zero attached hydrogens (tertiary/aromatic N) is 4. The molecule has 1 saturated heterocycles. The monoisotopic (exact) mass is 430 g/mol. The van der Waals surface area contributed by atoms with Crippen molar-refractivity contribution in [1.29, 1.82) is 0 Å². The zero-order chi connectivity index (χ0) is 21.6. The molecule has 0 bridgehead atoms. The number of likely N-dealkylation sites (tertiary alicyclic amines) is 1. The van der Waals surface area contributed by atoms with Gasteiger partial charge in [-0.25, -0.2) is 13.4 Å². The quantitative estimate of drug-likeness (QED) is 0.596. The molecular formula is C21H26N4O4S. The van der Waals surface area contributed by atoms with Gasteiger partial charge >= 0.3 is 0 Å². The summed E-state index contributed by atoms with van der Waals surface area (Å²) in [6.45, 7) is 6.66. The number of sulfone groups is 1. The van der Waals surface area contributed by atoms with Crippen molar-refractivity contribution in [2.45, 2.75) is 39.0 Å². The first-order chi connectivity index (χ1) is 14.2. The minimum absolute atomic E-state index is 0.0556. The van der Waals surface area contributed by atoms with E-state index >= 15 is 0 Å². The van der Waals surface area contributed by atoms with Gasteiger partial charge in [0.2, 0.25) is 0 Å². The molecule has 4 rings (SSSR count). The Balaban J connectivity index is 1.70. The lowest BCUT2D eigenvalue weighted by atomic mass is 10.2. The van der Waals surface area contributed by atoms with Crippen LogP contribution >= 0.6 is 0 Å². The van der Waals surface area contributed by atoms with Crippen molar-refractivity contribution in [1.82, 2.24) is 18.9 Å². The summed E-state index contributed by atoms with van der Waals surface area (Å²) in [4.78, 5) is 32.2. The summed E-state index contributed by atoms with van der Waals surface area (Å²) in [5, 5.41) is -0.126. The van der Waals surface area contributed by atoms with E-state index in [0.29, 0.717) is 28.9 Å². The molecular weight excluding hydrogens is 404 g/mol. The van der Waals surface area contributed by atoms with Crippen LogP contribution in [0, 0.1) is 5.92 Å². The number of fused-ring (bicyclic) bond motifs is 2. The summed E-state index contributed by atoms with van der Waals surface area (Å²) >= 11 is 0. The minimum atomic E-state index is -3.22. The maximum Gasteiger partial charge on any atom is 0.270 e. The van der Waals surface area contributed by atoms with Gasteiger partial charge in [-0.05, 0) is 30.5 Å². The second kappa shape index (κ2) is 7.54. The van der Waals surface area contributed by atoms with Crippen LogP contribution in [0.1, 0.15) is 37.7 Å². The van der Waals surface area contributed by atoms with Crippen molar-refractivity contribution in [3.05, 3.63) is 46.5 Å². The number of hydrogen-bond acceptors (Lipinski definition) is 5. The van der Waals surface area contributed by atoms with Crippen molar-refractivity contribution in [2.24, 2.45) is 5.92 Å². The topological polar surface area (TPSA) is 93.8 Å². The molecule has 0 N–H and O–H groups in total. The summed E-state index contributed by atoms with van der Waals surface area (Å²) < 4.78 is 28.1. The Morgan fingerprint density at radius 2 is 2.00 bits per heavy atom. The first-order valence-corrected chi connectivity index (χ1v) is 12.0. The van der Waals surface area contributed by atoms with Crippen molar-refractivity contribution >= 4 is 32.4 Å². The molecule has 3 aromatic heterocycles. The Morgan fingerprint density at radius 3 is 2.67 bits per heavy atom. The number of pyridine rings is 1. The minimum Gasteiger partial charge on any atom is -0.335 e. The van der Waals surface area contributed by atoms with E-state index in [9.17, 15) is 18.0 Å². The Bertz CT molecular complexity index is 1280. The molecule has 0 aromatic carbocycles. The van der Waals surface area contributed by atoms with E-state index in [1.165, 1.54) is 4.40 Å². The van der Waals surface area contributed by atoms with Gasteiger partial charge < -0.3 is 9.47 Å². The van der Waals surface area contributed by atoms with E-state index in [-0.39, 0.29) is 36.2 Å². The Hall–Kier alpha value is -2.68. The maximum atomic E-state index is 13.2. The second-order valence-corrected chi connectivity index (χ2v) is 10.6. The molecule has 0 aliphatic carbocycles. The van der Waals surface area contributed by atoms with Gasteiger partial charge in [0.25, 0.3) is 11.5 Å². The maximum absolute atomic E-state index is 13.2. The number of carbonyl (C=O) groups is 1. The highest BCUT2D eigenvalue weighted by Gasteiger charge is 2.40. The third-order valence-corrected chi connectivity index (χ3v) is 7.90. The van der Waals surface area contributed by atoms with E-state index in [2.05, 4.69) is 4.98 Å². The second-order valence-electron chi connectivity index (χ2n) is 8.32. The molecule has 0 unspecified atom stereocenters. The van der Waals surface area contributed by atoms with Gasteiger partial charge in [0.15, 0.2) is 9.84 Å². The molecule has 9 heteroatoms. The average Bonchev–Trinajstić information content (AvgIpc) is 2.98. The smallest absolute Gasteiger partial charge is 0.270 e. The van der Waals surface area contributed by atoms with Crippen LogP contribution in [0.5, 0.6) is 0 Å². The van der Waals surface area contributed by atoms with E-state index < -0.39 is 15.1 Å². The fourth-order valence-electron chi connectivity index (χ4n) is 3.97. The number of carbonyl (C=O) groups excluding carboxylic acids is 1. The van der Waals surface area contributed by atoms with Crippen molar-refractivity contribution in [3.63, 3.8) is 0 Å². The number of amides is 1. The van der Waals surface area contributed by atoms with Gasteiger partial charge in [-0.3, -0.25) is 14.0 Å². The zero-order valence-corrected chi connectivity index (χ0v) is 18.2. The van der Waals surface area contributed by atoms with Crippen LogP contribution in [0.3, 0.4) is 0 Å². The molecule has 0 atom stereocenters. The predicted octanol–water partition coefficient (Wildman–Crippen LogP) is 1.95. The van der Waals surface area contributed by atoms with Crippen molar-refractivity contribution in [3.8, 4) is 0 Å². The molecule has 30 heavy (non-hydrogen) atoms. The number of aromatic nitrogens is 3. The fraction of sp³-hybridized carbons (Fsp3) is 0.476. The van der Waals surface area contributed by atoms with E-state index in [0.717, 1.165) is 6.42 Å². The first kappa shape index (κ1) is 20.6. The molecule has 1 aliphatic rings. The standard InChI is InChI=1S/C21H26N4O4S/c1-4-8-24-17(21(27)23-11-15(12-23)30(28,29)13-14(2)3)10-16-19(24)22-18-7-5-6-9-25(18)20(16)26/h5-7,9-10,14-15H,4,8,11-13H2,1-3H3. The van der Waals surface area contributed by atoms with Gasteiger partial charge in [0.1, 0.15) is 17.0 Å². The molecule has 1 aliphatic heterocycles. The molecule has 0 spiro atoms. The van der Waals surface area contributed by atoms with Gasteiger partial charge in [-0.15, -0.1) is 0 Å². The lowest BCUT2D eigenvalue weighted by molar-refractivity contribution is 0.0648. The molecule has 160 valence electrons. The third kappa shape index (κ3) is 3.40. The highest BCUT2D eigenvalue weighted by Crippen LogP contribution is 2.24. The van der Waals surface area contributed by atoms with Crippen LogP contribution in [0.25, 0.3) is 16.7 Å². The molecule has 0 radical (unpaired) electrons. The van der Waals surface area contributed by atoms with Crippen LogP contribution in [0.4, 0.5) is 0 Å². The van der Waals surface area contributed by atoms with E-state index in [1.807, 2.05) is 26.8 Å². The van der Waals surface area contributed by atoms with Crippen molar-refractivity contribution in [2.75, 3.05) is 18.8 Å². The van der Waals surface area contributed by atoms with Gasteiger partial charge in [-0.1, -0.05) is 26.8 Å². The molecule has 1 fully saturated rings. The number of rotatable bonds is 6. The van der Waals surface area contributed by atoms with Crippen LogP contribution in [0.2, 0.25) is 0 Å². The van der Waals surface area contributed by atoms with Crippen LogP contribution in [-0.4, -0.2) is 57.3 Å². The molecule has 8 nitrogen and oxygen atoms in total. The Morgan fingerprint density at radius 1 is 1.27 bits per heavy atom. The number of aryl methyl sites for hydroxylation is 1. The van der Waals surface area contributed by atoms with E-state index in [1.54, 1.807) is 33.9 Å². The summed E-state index contributed by atoms with van der Waals surface area (Å²) in [6.07, 6.45) is 2.42. The third-order valence-electron chi connectivity index (χ3n) is 5.45. The Kier molecular flexibility index (Phi) is 5.17. The Labute approximate surface area is 175 Å². The van der Waals surface area contributed by atoms with Crippen LogP contribution in [0.15, 0.2) is 35.3 Å². The summed E-state index contributed by atoms with van der Waals surface area (Å²) in [5.41, 5.74) is 1.17. The fourth-order valence-corrected chi connectivity index (χ4v) is 5.99. The normalized spacial score (nSPS) is 15.3. The average molecular weight is 431 g/mol. The zero-order valence-electron chi connectivity index (χ0n) is 17.4. The van der Waals surface area contributed by atoms with Gasteiger partial charge in [-0.2, -0.15) is 0 Å². The van der Waals surface area contributed by atoms with Gasteiger partial charge in [0.05, 0.1) is 16.4 Å². The number of hydrogen-bond donors (Lipinski definition) is 0. The first-order valence-electron chi connectivity index (χ1n) is 10.2. The highest BCUT2D eigenvalue weighted by molar-refractivity contribution is 7.92. The molecule has 1 amide bonds. The SMILES string of the molecule is CCCn1c(C(=O)N2CC(S(=O)(=O)CC(C)C)C2)cc2c(=O)n3ccccc3nc21. The molecule has 0 saturated carbocycles. The lowest BCUT2D eigenvalue weighted by Crippen LogP contribution is -2.57. The van der Waals surface area contributed by atoms with Crippen LogP contribution < -0.4 is 5.56 Å². The van der Waals surface area contributed by atoms with Crippen molar-refractivity contribution < 1.29 is 13.2 Å². The highest BCUT2D eigenvalue weighted by atomic mass is 32.2. The van der Waals surface area contributed by atoms with E-state index in [4.69, 9.17) is 0 Å². The molecule has 4 heterocycles. The largest absolute Gasteiger partial charge is 0.335 e.